The summed E-state index contributed by atoms with van der Waals surface area (Å²) in [6.45, 7) is 1.38. The number of nitrogens with zero attached hydrogens (tertiary/aromatic N) is 1. The molecule has 0 aliphatic carbocycles. The Morgan fingerprint density at radius 3 is 2.28 bits per heavy atom. The van der Waals surface area contributed by atoms with Crippen molar-refractivity contribution in [3.05, 3.63) is 65.2 Å². The molecule has 0 radical (unpaired) electrons. The monoisotopic (exact) mass is 613 g/mol. The Balaban J connectivity index is 1.95. The lowest BCUT2D eigenvalue weighted by Gasteiger charge is -2.34. The zero-order chi connectivity index (χ0) is 32.3. The van der Waals surface area contributed by atoms with Gasteiger partial charge in [0.15, 0.2) is 6.10 Å². The average Bonchev–Trinajstić information content (AvgIpc) is 3.10. The molecular formula is C29H32F5N3O6. The second kappa shape index (κ2) is 12.7. The van der Waals surface area contributed by atoms with Crippen molar-refractivity contribution in [2.45, 2.75) is 64.4 Å². The fraction of sp³-hybridized carbons (Fsp3) is 0.448. The summed E-state index contributed by atoms with van der Waals surface area (Å²) in [6, 6.07) is 9.04. The van der Waals surface area contributed by atoms with Gasteiger partial charge in [0.05, 0.1) is 18.0 Å². The van der Waals surface area contributed by atoms with Gasteiger partial charge in [0.2, 0.25) is 5.91 Å². The lowest BCUT2D eigenvalue weighted by molar-refractivity contribution is -0.151. The molecule has 2 aromatic carbocycles. The first-order valence-corrected chi connectivity index (χ1v) is 13.2. The van der Waals surface area contributed by atoms with Crippen LogP contribution < -0.4 is 15.4 Å². The zero-order valence-corrected chi connectivity index (χ0v) is 23.8. The van der Waals surface area contributed by atoms with Gasteiger partial charge in [-0.25, -0.2) is 8.78 Å². The van der Waals surface area contributed by atoms with E-state index in [0.29, 0.717) is 10.5 Å². The molecule has 3 rings (SSSR count). The average molecular weight is 614 g/mol. The minimum atomic E-state index is -4.84. The number of carbonyl (C=O) groups excluding carboxylic acids is 4. The molecule has 2 aromatic rings. The molecule has 0 aromatic heterocycles. The number of nitrogens with one attached hydrogen (secondary N) is 2. The number of aliphatic hydroxyl groups excluding tert-OH is 1. The number of benzene rings is 2. The maximum Gasteiger partial charge on any atom is 0.405 e. The molecule has 14 heteroatoms. The van der Waals surface area contributed by atoms with Crippen LogP contribution in [0.2, 0.25) is 0 Å². The number of amides is 3. The first kappa shape index (κ1) is 33.4. The van der Waals surface area contributed by atoms with Crippen molar-refractivity contribution < 1.29 is 51.0 Å². The van der Waals surface area contributed by atoms with Crippen LogP contribution in [0.4, 0.5) is 22.0 Å². The van der Waals surface area contributed by atoms with Crippen LogP contribution in [-0.2, 0) is 20.8 Å². The van der Waals surface area contributed by atoms with Crippen LogP contribution in [0.25, 0.3) is 0 Å². The number of aliphatic hydroxyl groups is 1. The van der Waals surface area contributed by atoms with E-state index >= 15 is 8.78 Å². The van der Waals surface area contributed by atoms with Crippen molar-refractivity contribution in [1.82, 2.24) is 15.5 Å². The molecule has 3 N–H and O–H groups in total. The predicted octanol–water partition coefficient (Wildman–Crippen LogP) is 3.17. The highest BCUT2D eigenvalue weighted by Crippen LogP contribution is 2.48. The highest BCUT2D eigenvalue weighted by Gasteiger charge is 2.64. The number of hydrogen-bond donors (Lipinski definition) is 3. The smallest absolute Gasteiger partial charge is 0.405 e. The molecule has 9 nitrogen and oxygen atoms in total. The number of alkyl halides is 5. The normalized spacial score (nSPS) is 18.8. The van der Waals surface area contributed by atoms with E-state index in [1.165, 1.54) is 32.0 Å². The molecule has 3 atom stereocenters. The van der Waals surface area contributed by atoms with E-state index in [1.807, 2.05) is 0 Å². The molecule has 234 valence electrons. The van der Waals surface area contributed by atoms with Crippen LogP contribution in [0.15, 0.2) is 48.5 Å². The van der Waals surface area contributed by atoms with Crippen LogP contribution in [0.1, 0.15) is 42.3 Å². The molecule has 1 heterocycles. The van der Waals surface area contributed by atoms with Gasteiger partial charge in [-0.15, -0.1) is 0 Å². The fourth-order valence-electron chi connectivity index (χ4n) is 4.88. The van der Waals surface area contributed by atoms with Crippen LogP contribution in [0.5, 0.6) is 5.75 Å². The summed E-state index contributed by atoms with van der Waals surface area (Å²) in [7, 11) is 0. The van der Waals surface area contributed by atoms with Gasteiger partial charge in [-0.3, -0.25) is 19.2 Å². The lowest BCUT2D eigenvalue weighted by atomic mass is 9.81. The Bertz CT molecular complexity index is 1370. The van der Waals surface area contributed by atoms with Crippen molar-refractivity contribution in [2.24, 2.45) is 5.41 Å². The summed E-state index contributed by atoms with van der Waals surface area (Å²) in [5, 5.41) is 15.3. The minimum Gasteiger partial charge on any atom is -0.426 e. The van der Waals surface area contributed by atoms with Gasteiger partial charge in [0, 0.05) is 18.1 Å². The van der Waals surface area contributed by atoms with E-state index in [4.69, 9.17) is 4.74 Å². The van der Waals surface area contributed by atoms with Gasteiger partial charge in [0.1, 0.15) is 18.3 Å². The summed E-state index contributed by atoms with van der Waals surface area (Å²) in [5.41, 5.74) is -1.48. The number of hydrogen-bond acceptors (Lipinski definition) is 6. The highest BCUT2D eigenvalue weighted by atomic mass is 19.4. The molecule has 1 fully saturated rings. The SMILES string of the molecule is CC(=O)Oc1cccc(C(=O)N[C@@H](Cc2ccccc2)[C@H](O)C(=O)N2CC(F)(F)C(C)(C)C2C(=O)NCC(F)(F)F)c1C. The van der Waals surface area contributed by atoms with Crippen molar-refractivity contribution in [3.8, 4) is 5.75 Å². The predicted molar refractivity (Wildman–Crippen MR) is 143 cm³/mol. The van der Waals surface area contributed by atoms with Crippen molar-refractivity contribution in [1.29, 1.82) is 0 Å². The maximum absolute atomic E-state index is 15.0. The number of halogens is 5. The summed E-state index contributed by atoms with van der Waals surface area (Å²) in [6.07, 6.45) is -7.20. The molecule has 1 saturated heterocycles. The van der Waals surface area contributed by atoms with Crippen LogP contribution in [0.3, 0.4) is 0 Å². The summed E-state index contributed by atoms with van der Waals surface area (Å²) in [4.78, 5) is 51.5. The second-order valence-electron chi connectivity index (χ2n) is 10.9. The van der Waals surface area contributed by atoms with E-state index in [-0.39, 0.29) is 23.3 Å². The first-order valence-electron chi connectivity index (χ1n) is 13.2. The number of likely N-dealkylation sites (tertiary alicyclic amines) is 1. The van der Waals surface area contributed by atoms with Gasteiger partial charge >= 0.3 is 12.1 Å². The van der Waals surface area contributed by atoms with Crippen molar-refractivity contribution in [3.63, 3.8) is 0 Å². The topological polar surface area (TPSA) is 125 Å². The van der Waals surface area contributed by atoms with E-state index in [0.717, 1.165) is 13.8 Å². The van der Waals surface area contributed by atoms with E-state index < -0.39 is 72.5 Å². The first-order chi connectivity index (χ1) is 19.9. The fourth-order valence-corrected chi connectivity index (χ4v) is 4.88. The summed E-state index contributed by atoms with van der Waals surface area (Å²) < 4.78 is 73.5. The molecular weight excluding hydrogens is 581 g/mol. The highest BCUT2D eigenvalue weighted by molar-refractivity contribution is 5.97. The van der Waals surface area contributed by atoms with Crippen LogP contribution >= 0.6 is 0 Å². The molecule has 1 aliphatic heterocycles. The standard InChI is InChI=1S/C29H32F5N3O6/c1-16-19(11-8-12-21(16)43-17(2)38)24(40)36-20(13-18-9-6-5-7-10-18)22(39)26(42)37-15-28(30,31)27(3,4)23(37)25(41)35-14-29(32,33)34/h5-12,20,22-23,39H,13-15H2,1-4H3,(H,35,41)(H,36,40)/t20-,22-,23?/m0/s1. The largest absolute Gasteiger partial charge is 0.426 e. The molecule has 43 heavy (non-hydrogen) atoms. The molecule has 0 spiro atoms. The quantitative estimate of drug-likeness (QED) is 0.227. The number of carbonyl (C=O) groups is 4. The molecule has 3 amide bonds. The Kier molecular flexibility index (Phi) is 9.84. The van der Waals surface area contributed by atoms with Crippen molar-refractivity contribution in [2.75, 3.05) is 13.1 Å². The van der Waals surface area contributed by atoms with Crippen LogP contribution in [0, 0.1) is 12.3 Å². The van der Waals surface area contributed by atoms with Gasteiger partial charge in [-0.05, 0) is 31.0 Å². The number of rotatable bonds is 9. The number of esters is 1. The third-order valence-electron chi connectivity index (χ3n) is 7.33. The third kappa shape index (κ3) is 7.66. The Morgan fingerprint density at radius 2 is 1.70 bits per heavy atom. The summed E-state index contributed by atoms with van der Waals surface area (Å²) >= 11 is 0. The van der Waals surface area contributed by atoms with E-state index in [1.54, 1.807) is 35.6 Å². The Labute approximate surface area is 244 Å². The second-order valence-corrected chi connectivity index (χ2v) is 10.9. The molecule has 1 aliphatic rings. The van der Waals surface area contributed by atoms with E-state index in [9.17, 15) is 37.5 Å². The molecule has 0 saturated carbocycles. The van der Waals surface area contributed by atoms with Gasteiger partial charge < -0.3 is 25.4 Å². The third-order valence-corrected chi connectivity index (χ3v) is 7.33. The Hall–Kier alpha value is -4.07. The summed E-state index contributed by atoms with van der Waals surface area (Å²) in [5.74, 6) is -7.92. The van der Waals surface area contributed by atoms with Crippen molar-refractivity contribution >= 4 is 23.7 Å². The lowest BCUT2D eigenvalue weighted by Crippen LogP contribution is -2.58. The Morgan fingerprint density at radius 1 is 1.07 bits per heavy atom. The minimum absolute atomic E-state index is 0.0229. The van der Waals surface area contributed by atoms with E-state index in [2.05, 4.69) is 5.32 Å². The van der Waals surface area contributed by atoms with Crippen LogP contribution in [-0.4, -0.2) is 77.1 Å². The van der Waals surface area contributed by atoms with Gasteiger partial charge in [0.25, 0.3) is 17.7 Å². The van der Waals surface area contributed by atoms with Gasteiger partial charge in [-0.2, -0.15) is 13.2 Å². The zero-order valence-electron chi connectivity index (χ0n) is 23.8. The van der Waals surface area contributed by atoms with Gasteiger partial charge in [-0.1, -0.05) is 50.2 Å². The number of ether oxygens (including phenoxy) is 1. The maximum atomic E-state index is 15.0. The molecule has 1 unspecified atom stereocenters. The molecule has 0 bridgehead atoms.